The summed E-state index contributed by atoms with van der Waals surface area (Å²) in [6.07, 6.45) is 1.69. The summed E-state index contributed by atoms with van der Waals surface area (Å²) in [5.41, 5.74) is 0.862. The van der Waals surface area contributed by atoms with Crippen LogP contribution in [-0.2, 0) is 0 Å². The van der Waals surface area contributed by atoms with Crippen molar-refractivity contribution in [3.05, 3.63) is 46.3 Å². The van der Waals surface area contributed by atoms with Crippen LogP contribution < -0.4 is 10.6 Å². The monoisotopic (exact) mass is 338 g/mol. The second-order valence-electron chi connectivity index (χ2n) is 4.34. The summed E-state index contributed by atoms with van der Waals surface area (Å²) in [7, 11) is 0. The summed E-state index contributed by atoms with van der Waals surface area (Å²) < 4.78 is 14.0. The minimum Gasteiger partial charge on any atom is -0.362 e. The zero-order valence-corrected chi connectivity index (χ0v) is 12.9. The minimum absolute atomic E-state index is 0.0635. The third-order valence-corrected chi connectivity index (χ3v) is 3.36. The quantitative estimate of drug-likeness (QED) is 0.865. The van der Waals surface area contributed by atoms with Gasteiger partial charge in [-0.1, -0.05) is 12.1 Å². The van der Waals surface area contributed by atoms with Gasteiger partial charge in [-0.2, -0.15) is 4.98 Å². The number of halogens is 2. The molecule has 2 rings (SSSR count). The first kappa shape index (κ1) is 14.7. The number of nitrogens with one attached hydrogen (secondary N) is 2. The number of aromatic nitrogens is 2. The van der Waals surface area contributed by atoms with Gasteiger partial charge in [0.15, 0.2) is 0 Å². The molecule has 1 unspecified atom stereocenters. The molecule has 1 aromatic carbocycles. The predicted molar refractivity (Wildman–Crippen MR) is 82.3 cm³/mol. The number of hydrogen-bond acceptors (Lipinski definition) is 4. The van der Waals surface area contributed by atoms with E-state index in [1.54, 1.807) is 12.3 Å². The smallest absolute Gasteiger partial charge is 0.224 e. The molecule has 0 fully saturated rings. The lowest BCUT2D eigenvalue weighted by molar-refractivity contribution is 0.623. The Hall–Kier alpha value is -1.69. The average Bonchev–Trinajstić information content (AvgIpc) is 2.43. The van der Waals surface area contributed by atoms with E-state index in [2.05, 4.69) is 36.5 Å². The number of hydrogen-bond donors (Lipinski definition) is 2. The third kappa shape index (κ3) is 3.66. The van der Waals surface area contributed by atoms with Gasteiger partial charge < -0.3 is 10.6 Å². The SMILES string of the molecule is CCNc1ncc(Br)c(NC(C)c2cccc(F)c2)n1. The van der Waals surface area contributed by atoms with Gasteiger partial charge in [0.25, 0.3) is 0 Å². The van der Waals surface area contributed by atoms with E-state index in [-0.39, 0.29) is 11.9 Å². The maximum Gasteiger partial charge on any atom is 0.224 e. The topological polar surface area (TPSA) is 49.8 Å². The number of anilines is 2. The molecule has 1 heterocycles. The van der Waals surface area contributed by atoms with Crippen molar-refractivity contribution in [3.63, 3.8) is 0 Å². The molecule has 2 aromatic rings. The molecule has 0 aliphatic carbocycles. The molecule has 6 heteroatoms. The lowest BCUT2D eigenvalue weighted by atomic mass is 10.1. The van der Waals surface area contributed by atoms with E-state index in [9.17, 15) is 4.39 Å². The predicted octanol–water partition coefficient (Wildman–Crippen LogP) is 3.98. The summed E-state index contributed by atoms with van der Waals surface area (Å²) in [5.74, 6) is 0.989. The van der Waals surface area contributed by atoms with Crippen LogP contribution in [0.15, 0.2) is 34.9 Å². The lowest BCUT2D eigenvalue weighted by Crippen LogP contribution is -2.11. The van der Waals surface area contributed by atoms with Crippen LogP contribution in [-0.4, -0.2) is 16.5 Å². The molecule has 0 aliphatic rings. The third-order valence-electron chi connectivity index (χ3n) is 2.78. The van der Waals surface area contributed by atoms with E-state index in [4.69, 9.17) is 0 Å². The molecule has 1 atom stereocenters. The number of rotatable bonds is 5. The van der Waals surface area contributed by atoms with Crippen molar-refractivity contribution in [2.45, 2.75) is 19.9 Å². The van der Waals surface area contributed by atoms with Gasteiger partial charge >= 0.3 is 0 Å². The first-order chi connectivity index (χ1) is 9.60. The Morgan fingerprint density at radius 1 is 1.40 bits per heavy atom. The minimum atomic E-state index is -0.244. The van der Waals surface area contributed by atoms with Crippen LogP contribution in [0.3, 0.4) is 0 Å². The number of nitrogens with zero attached hydrogens (tertiary/aromatic N) is 2. The van der Waals surface area contributed by atoms with Gasteiger partial charge in [-0.25, -0.2) is 9.37 Å². The van der Waals surface area contributed by atoms with Crippen LogP contribution in [0, 0.1) is 5.82 Å². The Kier molecular flexibility index (Phi) is 4.89. The van der Waals surface area contributed by atoms with E-state index >= 15 is 0 Å². The van der Waals surface area contributed by atoms with Crippen molar-refractivity contribution in [3.8, 4) is 0 Å². The summed E-state index contributed by atoms with van der Waals surface area (Å²) in [6, 6.07) is 6.45. The van der Waals surface area contributed by atoms with Crippen LogP contribution in [0.1, 0.15) is 25.5 Å². The normalized spacial score (nSPS) is 12.0. The zero-order valence-electron chi connectivity index (χ0n) is 11.3. The second-order valence-corrected chi connectivity index (χ2v) is 5.20. The van der Waals surface area contributed by atoms with Gasteiger partial charge in [0, 0.05) is 12.7 Å². The van der Waals surface area contributed by atoms with Crippen LogP contribution in [0.2, 0.25) is 0 Å². The zero-order chi connectivity index (χ0) is 14.5. The molecule has 0 spiro atoms. The van der Waals surface area contributed by atoms with E-state index < -0.39 is 0 Å². The fraction of sp³-hybridized carbons (Fsp3) is 0.286. The van der Waals surface area contributed by atoms with Crippen molar-refractivity contribution >= 4 is 27.7 Å². The van der Waals surface area contributed by atoms with Crippen LogP contribution in [0.5, 0.6) is 0 Å². The van der Waals surface area contributed by atoms with E-state index in [1.165, 1.54) is 12.1 Å². The maximum atomic E-state index is 13.2. The summed E-state index contributed by atoms with van der Waals surface area (Å²) >= 11 is 3.41. The fourth-order valence-corrected chi connectivity index (χ4v) is 2.08. The van der Waals surface area contributed by atoms with Gasteiger partial charge in [0.05, 0.1) is 10.5 Å². The molecule has 0 aliphatic heterocycles. The summed E-state index contributed by atoms with van der Waals surface area (Å²) in [5, 5.41) is 6.30. The molecule has 106 valence electrons. The van der Waals surface area contributed by atoms with Gasteiger partial charge in [-0.3, -0.25) is 0 Å². The lowest BCUT2D eigenvalue weighted by Gasteiger charge is -2.16. The Morgan fingerprint density at radius 2 is 2.20 bits per heavy atom. The molecule has 0 amide bonds. The standard InChI is InChI=1S/C14H16BrFN4/c1-3-17-14-18-8-12(15)13(20-14)19-9(2)10-5-4-6-11(16)7-10/h4-9H,3H2,1-2H3,(H2,17,18,19,20). The largest absolute Gasteiger partial charge is 0.362 e. The Labute approximate surface area is 126 Å². The Balaban J connectivity index is 2.18. The van der Waals surface area contributed by atoms with E-state index in [0.29, 0.717) is 11.8 Å². The highest BCUT2D eigenvalue weighted by Gasteiger charge is 2.10. The molecular formula is C14H16BrFN4. The molecule has 2 N–H and O–H groups in total. The molecule has 0 bridgehead atoms. The molecule has 1 aromatic heterocycles. The van der Waals surface area contributed by atoms with Crippen LogP contribution >= 0.6 is 15.9 Å². The molecule has 0 saturated carbocycles. The maximum absolute atomic E-state index is 13.2. The first-order valence-electron chi connectivity index (χ1n) is 6.38. The fourth-order valence-electron chi connectivity index (χ4n) is 1.78. The van der Waals surface area contributed by atoms with Crippen molar-refractivity contribution in [1.29, 1.82) is 0 Å². The Morgan fingerprint density at radius 3 is 2.90 bits per heavy atom. The molecule has 4 nitrogen and oxygen atoms in total. The van der Waals surface area contributed by atoms with Crippen molar-refractivity contribution < 1.29 is 4.39 Å². The first-order valence-corrected chi connectivity index (χ1v) is 7.18. The van der Waals surface area contributed by atoms with E-state index in [1.807, 2.05) is 19.9 Å². The van der Waals surface area contributed by atoms with Gasteiger partial charge in [0.1, 0.15) is 11.6 Å². The van der Waals surface area contributed by atoms with Gasteiger partial charge in [-0.05, 0) is 47.5 Å². The Bertz CT molecular complexity index is 591. The molecule has 0 radical (unpaired) electrons. The number of benzene rings is 1. The van der Waals surface area contributed by atoms with E-state index in [0.717, 1.165) is 16.6 Å². The highest BCUT2D eigenvalue weighted by atomic mass is 79.9. The van der Waals surface area contributed by atoms with Gasteiger partial charge in [-0.15, -0.1) is 0 Å². The summed E-state index contributed by atoms with van der Waals surface area (Å²) in [6.45, 7) is 4.69. The highest BCUT2D eigenvalue weighted by Crippen LogP contribution is 2.25. The van der Waals surface area contributed by atoms with Crippen molar-refractivity contribution in [2.24, 2.45) is 0 Å². The second kappa shape index (κ2) is 6.65. The van der Waals surface area contributed by atoms with Crippen LogP contribution in [0.4, 0.5) is 16.2 Å². The highest BCUT2D eigenvalue weighted by molar-refractivity contribution is 9.10. The van der Waals surface area contributed by atoms with Crippen molar-refractivity contribution in [1.82, 2.24) is 9.97 Å². The summed E-state index contributed by atoms with van der Waals surface area (Å²) in [4.78, 5) is 8.53. The van der Waals surface area contributed by atoms with Gasteiger partial charge in [0.2, 0.25) is 5.95 Å². The van der Waals surface area contributed by atoms with Crippen LogP contribution in [0.25, 0.3) is 0 Å². The molecule has 20 heavy (non-hydrogen) atoms. The molecular weight excluding hydrogens is 323 g/mol. The average molecular weight is 339 g/mol. The van der Waals surface area contributed by atoms with Crippen molar-refractivity contribution in [2.75, 3.05) is 17.2 Å². The molecule has 0 saturated heterocycles.